The highest BCUT2D eigenvalue weighted by atomic mass is 32.2. The van der Waals surface area contributed by atoms with E-state index in [2.05, 4.69) is 5.09 Å². The second-order valence-electron chi connectivity index (χ2n) is 10.9. The number of alkyl halides is 1. The van der Waals surface area contributed by atoms with Crippen molar-refractivity contribution in [2.24, 2.45) is 5.41 Å². The summed E-state index contributed by atoms with van der Waals surface area (Å²) in [5, 5.41) is 33.3. The van der Waals surface area contributed by atoms with Crippen LogP contribution >= 0.6 is 19.5 Å². The van der Waals surface area contributed by atoms with Crippen molar-refractivity contribution in [2.45, 2.75) is 77.2 Å². The van der Waals surface area contributed by atoms with Gasteiger partial charge in [-0.15, -0.1) is 0 Å². The van der Waals surface area contributed by atoms with Crippen LogP contribution in [0.15, 0.2) is 21.9 Å². The van der Waals surface area contributed by atoms with Crippen LogP contribution in [0.2, 0.25) is 0 Å². The fraction of sp³-hybridized carbons (Fsp3) is 0.750. The van der Waals surface area contributed by atoms with E-state index in [9.17, 15) is 43.5 Å². The van der Waals surface area contributed by atoms with E-state index in [0.29, 0.717) is 0 Å². The van der Waals surface area contributed by atoms with Crippen molar-refractivity contribution < 1.29 is 52.4 Å². The van der Waals surface area contributed by atoms with E-state index in [1.165, 1.54) is 20.8 Å². The van der Waals surface area contributed by atoms with E-state index in [1.807, 2.05) is 4.98 Å². The van der Waals surface area contributed by atoms with Crippen LogP contribution in [0.5, 0.6) is 0 Å². The first kappa shape index (κ1) is 36.2. The van der Waals surface area contributed by atoms with Crippen LogP contribution in [0.1, 0.15) is 47.8 Å². The first-order valence-corrected chi connectivity index (χ1v) is 15.5. The molecule has 18 heteroatoms. The van der Waals surface area contributed by atoms with Crippen LogP contribution in [-0.2, 0) is 32.7 Å². The normalized spacial score (nSPS) is 26.6. The molecule has 15 nitrogen and oxygen atoms in total. The molecule has 0 amide bonds. The smallest absolute Gasteiger partial charge is 0.406 e. The van der Waals surface area contributed by atoms with Gasteiger partial charge in [-0.1, -0.05) is 11.8 Å². The van der Waals surface area contributed by atoms with Crippen molar-refractivity contribution in [1.82, 2.24) is 14.6 Å². The summed E-state index contributed by atoms with van der Waals surface area (Å²) < 4.78 is 50.5. The van der Waals surface area contributed by atoms with Gasteiger partial charge >= 0.3 is 19.4 Å². The number of nitrogens with zero attached hydrogens (tertiary/aromatic N) is 1. The number of thioether (sulfide) groups is 1. The molecule has 240 valence electrons. The lowest BCUT2D eigenvalue weighted by atomic mass is 9.88. The molecule has 6 atom stereocenters. The number of nitrogens with one attached hydrogen (secondary N) is 2. The summed E-state index contributed by atoms with van der Waals surface area (Å²) in [6.07, 6.45) is -3.28. The molecule has 0 saturated carbocycles. The van der Waals surface area contributed by atoms with Crippen LogP contribution in [-0.4, -0.2) is 97.7 Å². The first-order chi connectivity index (χ1) is 19.3. The summed E-state index contributed by atoms with van der Waals surface area (Å²) in [4.78, 5) is 50.4. The fourth-order valence-electron chi connectivity index (χ4n) is 3.76. The van der Waals surface area contributed by atoms with Crippen molar-refractivity contribution in [3.8, 4) is 0 Å². The number of esters is 1. The molecule has 0 aromatic carbocycles. The highest BCUT2D eigenvalue weighted by molar-refractivity contribution is 8.13. The topological polar surface area (TPSA) is 216 Å². The molecule has 1 fully saturated rings. The SMILES string of the molecule is CC(C)OC(=O)[C@H](C)NP(=O)(OCCSC(=O)C(C)(C)CO)OC[C@@]1(CF)O[C@@H](n2ccc(=O)[nH]c2=O)[C@](C)(O)[C@@H]1O. The standard InChI is InChI=1S/C24H39FN3O12PS/c1-14(2)39-17(31)15(3)27-41(36,37-9-10-42-20(33)22(4,5)12-29)38-13-24(11-25)18(32)23(6,35)19(40-24)28-8-7-16(30)26-21(28)34/h7-8,14-15,18-19,29,32,35H,9-13H2,1-6H3,(H,27,36)(H,26,30,34)/t15-,18-,19+,23+,24+,41?/m0/s1. The third-order valence-corrected chi connectivity index (χ3v) is 9.17. The number of carbonyl (C=O) groups excluding carboxylic acids is 2. The van der Waals surface area contributed by atoms with Crippen molar-refractivity contribution >= 4 is 30.6 Å². The van der Waals surface area contributed by atoms with Gasteiger partial charge in [0.15, 0.2) is 16.9 Å². The second-order valence-corrected chi connectivity index (χ2v) is 13.8. The van der Waals surface area contributed by atoms with Crippen LogP contribution in [0.4, 0.5) is 4.39 Å². The Morgan fingerprint density at radius 1 is 1.31 bits per heavy atom. The Kier molecular flexibility index (Phi) is 12.3. The molecule has 2 heterocycles. The molecule has 2 rings (SSSR count). The Morgan fingerprint density at radius 3 is 2.50 bits per heavy atom. The zero-order valence-corrected chi connectivity index (χ0v) is 25.9. The maximum Gasteiger partial charge on any atom is 0.406 e. The molecule has 0 bridgehead atoms. The minimum absolute atomic E-state index is 0.0403. The molecular formula is C24H39FN3O12PS. The van der Waals surface area contributed by atoms with Gasteiger partial charge in [0.1, 0.15) is 24.4 Å². The van der Waals surface area contributed by atoms with Gasteiger partial charge < -0.3 is 24.8 Å². The molecule has 1 aliphatic heterocycles. The Labute approximate surface area is 245 Å². The summed E-state index contributed by atoms with van der Waals surface area (Å²) in [6.45, 7) is 5.37. The van der Waals surface area contributed by atoms with Gasteiger partial charge in [-0.25, -0.2) is 18.8 Å². The number of hydrogen-bond donors (Lipinski definition) is 5. The Morgan fingerprint density at radius 2 is 1.95 bits per heavy atom. The maximum atomic E-state index is 14.5. The molecule has 0 radical (unpaired) electrons. The summed E-state index contributed by atoms with van der Waals surface area (Å²) in [5.41, 5.74) is -7.49. The minimum Gasteiger partial charge on any atom is -0.462 e. The largest absolute Gasteiger partial charge is 0.462 e. The molecule has 1 saturated heterocycles. The Hall–Kier alpha value is -1.95. The second kappa shape index (κ2) is 14.2. The average molecular weight is 644 g/mol. The molecular weight excluding hydrogens is 604 g/mol. The van der Waals surface area contributed by atoms with Gasteiger partial charge in [0, 0.05) is 18.0 Å². The van der Waals surface area contributed by atoms with Crippen LogP contribution in [0.3, 0.4) is 0 Å². The molecule has 1 aromatic heterocycles. The van der Waals surface area contributed by atoms with Crippen molar-refractivity contribution in [1.29, 1.82) is 0 Å². The van der Waals surface area contributed by atoms with E-state index in [1.54, 1.807) is 13.8 Å². The number of rotatable bonds is 15. The lowest BCUT2D eigenvalue weighted by Crippen LogP contribution is -2.53. The zero-order chi connectivity index (χ0) is 32.1. The number of hydrogen-bond acceptors (Lipinski definition) is 13. The number of carbonyl (C=O) groups is 2. The van der Waals surface area contributed by atoms with Gasteiger partial charge in [-0.2, -0.15) is 0 Å². The van der Waals surface area contributed by atoms with E-state index < -0.39 is 85.9 Å². The highest BCUT2D eigenvalue weighted by Gasteiger charge is 2.63. The molecule has 1 aromatic rings. The van der Waals surface area contributed by atoms with E-state index in [-0.39, 0.29) is 17.5 Å². The van der Waals surface area contributed by atoms with Crippen molar-refractivity contribution in [2.75, 3.05) is 32.2 Å². The molecule has 1 aliphatic rings. The predicted octanol–water partition coefficient (Wildman–Crippen LogP) is 0.235. The summed E-state index contributed by atoms with van der Waals surface area (Å²) >= 11 is 0.794. The Balaban J connectivity index is 2.29. The molecule has 42 heavy (non-hydrogen) atoms. The molecule has 1 unspecified atom stereocenters. The molecule has 5 N–H and O–H groups in total. The van der Waals surface area contributed by atoms with Gasteiger partial charge in [0.2, 0.25) is 0 Å². The van der Waals surface area contributed by atoms with Gasteiger partial charge in [0.05, 0.1) is 31.3 Å². The zero-order valence-electron chi connectivity index (χ0n) is 24.2. The summed E-state index contributed by atoms with van der Waals surface area (Å²) in [7, 11) is -4.54. The number of aromatic nitrogens is 2. The predicted molar refractivity (Wildman–Crippen MR) is 148 cm³/mol. The van der Waals surface area contributed by atoms with Crippen LogP contribution in [0.25, 0.3) is 0 Å². The van der Waals surface area contributed by atoms with E-state index in [4.69, 9.17) is 18.5 Å². The number of H-pyrrole nitrogens is 1. The van der Waals surface area contributed by atoms with Crippen molar-refractivity contribution in [3.63, 3.8) is 0 Å². The van der Waals surface area contributed by atoms with Gasteiger partial charge in [-0.05, 0) is 41.5 Å². The quantitative estimate of drug-likeness (QED) is 0.0983. The third kappa shape index (κ3) is 8.57. The van der Waals surface area contributed by atoms with Crippen molar-refractivity contribution in [3.05, 3.63) is 33.1 Å². The Bertz CT molecular complexity index is 1270. The molecule has 0 spiro atoms. The summed E-state index contributed by atoms with van der Waals surface area (Å²) in [6, 6.07) is -0.306. The number of aliphatic hydroxyl groups excluding tert-OH is 2. The average Bonchev–Trinajstić information content (AvgIpc) is 3.10. The lowest BCUT2D eigenvalue weighted by molar-refractivity contribution is -0.149. The van der Waals surface area contributed by atoms with Crippen LogP contribution < -0.4 is 16.3 Å². The van der Waals surface area contributed by atoms with Gasteiger partial charge in [0.25, 0.3) is 5.56 Å². The lowest BCUT2D eigenvalue weighted by Gasteiger charge is -2.32. The number of halogens is 1. The van der Waals surface area contributed by atoms with E-state index >= 15 is 0 Å². The number of aromatic amines is 1. The maximum absolute atomic E-state index is 14.5. The van der Waals surface area contributed by atoms with Crippen LogP contribution in [0, 0.1) is 5.41 Å². The number of aliphatic hydroxyl groups is 3. The van der Waals surface area contributed by atoms with Gasteiger partial charge in [-0.3, -0.25) is 33.0 Å². The third-order valence-electron chi connectivity index (χ3n) is 6.29. The number of ether oxygens (including phenoxy) is 2. The minimum atomic E-state index is -4.54. The summed E-state index contributed by atoms with van der Waals surface area (Å²) in [5.74, 6) is -0.856. The highest BCUT2D eigenvalue weighted by Crippen LogP contribution is 2.50. The first-order valence-electron chi connectivity index (χ1n) is 13.0. The molecule has 0 aliphatic carbocycles. The fourth-order valence-corrected chi connectivity index (χ4v) is 6.22. The monoisotopic (exact) mass is 643 g/mol. The van der Waals surface area contributed by atoms with E-state index in [0.717, 1.165) is 35.5 Å².